The van der Waals surface area contributed by atoms with E-state index in [0.717, 1.165) is 51.8 Å². The Morgan fingerprint density at radius 1 is 1.30 bits per heavy atom. The second-order valence-corrected chi connectivity index (χ2v) is 8.31. The maximum Gasteiger partial charge on any atom is 0.243 e. The van der Waals surface area contributed by atoms with Crippen LogP contribution >= 0.6 is 12.4 Å². The minimum atomic E-state index is -0.740. The van der Waals surface area contributed by atoms with Crippen LogP contribution in [0.2, 0.25) is 0 Å². The Morgan fingerprint density at radius 3 is 2.52 bits per heavy atom. The Balaban J connectivity index is 0.00000192. The highest BCUT2D eigenvalue weighted by molar-refractivity contribution is 5.90. The van der Waals surface area contributed by atoms with E-state index in [2.05, 4.69) is 32.6 Å². The molecule has 3 aliphatic rings. The monoisotopic (exact) mass is 344 g/mol. The van der Waals surface area contributed by atoms with Crippen molar-refractivity contribution >= 4 is 18.3 Å². The van der Waals surface area contributed by atoms with Crippen LogP contribution in [-0.4, -0.2) is 42.1 Å². The Labute approximate surface area is 146 Å². The molecular weight excluding hydrogens is 312 g/mol. The van der Waals surface area contributed by atoms with Crippen LogP contribution in [-0.2, 0) is 9.53 Å². The second kappa shape index (κ2) is 6.20. The lowest BCUT2D eigenvalue weighted by molar-refractivity contribution is -0.229. The molecule has 0 aromatic heterocycles. The fraction of sp³-hybridized carbons (Fsp3) is 0.944. The first-order valence-electron chi connectivity index (χ1n) is 9.02. The van der Waals surface area contributed by atoms with Gasteiger partial charge in [-0.05, 0) is 37.5 Å². The largest absolute Gasteiger partial charge is 0.377 e. The number of carbonyl (C=O) groups is 1. The van der Waals surface area contributed by atoms with Crippen LogP contribution in [0.3, 0.4) is 0 Å². The van der Waals surface area contributed by atoms with Crippen LogP contribution in [0, 0.1) is 16.7 Å². The molecular formula is C18H33ClN2O2. The highest BCUT2D eigenvalue weighted by atomic mass is 35.5. The molecule has 2 heterocycles. The van der Waals surface area contributed by atoms with Gasteiger partial charge in [-0.2, -0.15) is 0 Å². The number of amides is 1. The topological polar surface area (TPSA) is 55.6 Å². The minimum Gasteiger partial charge on any atom is -0.377 e. The van der Waals surface area contributed by atoms with Crippen molar-refractivity contribution in [3.05, 3.63) is 0 Å². The number of halogens is 1. The average Bonchev–Trinajstić information content (AvgIpc) is 2.98. The molecule has 1 amide bonds. The Bertz CT molecular complexity index is 464. The molecule has 3 unspecified atom stereocenters. The molecule has 0 aromatic carbocycles. The number of fused-ring (bicyclic) bond motifs is 1. The molecule has 5 heteroatoms. The summed E-state index contributed by atoms with van der Waals surface area (Å²) in [5, 5.41) is 0. The lowest BCUT2D eigenvalue weighted by Crippen LogP contribution is -2.82. The van der Waals surface area contributed by atoms with Gasteiger partial charge < -0.3 is 15.4 Å². The third kappa shape index (κ3) is 2.44. The van der Waals surface area contributed by atoms with E-state index in [1.54, 1.807) is 0 Å². The van der Waals surface area contributed by atoms with Crippen LogP contribution < -0.4 is 5.73 Å². The van der Waals surface area contributed by atoms with Gasteiger partial charge in [-0.15, -0.1) is 12.4 Å². The van der Waals surface area contributed by atoms with Gasteiger partial charge in [0.25, 0.3) is 0 Å². The minimum absolute atomic E-state index is 0. The van der Waals surface area contributed by atoms with Crippen molar-refractivity contribution in [2.45, 2.75) is 71.4 Å². The lowest BCUT2D eigenvalue weighted by atomic mass is 9.46. The SMILES string of the molecule is CCC1(CC)CCN(C(=O)C2(N)C3CCCOC3C2(C)C)C1.Cl. The summed E-state index contributed by atoms with van der Waals surface area (Å²) in [5.41, 5.74) is 6.06. The molecule has 134 valence electrons. The first-order chi connectivity index (χ1) is 10.3. The Morgan fingerprint density at radius 2 is 1.96 bits per heavy atom. The summed E-state index contributed by atoms with van der Waals surface area (Å²) in [6.07, 6.45) is 5.60. The zero-order valence-corrected chi connectivity index (χ0v) is 15.9. The molecule has 3 rings (SSSR count). The maximum absolute atomic E-state index is 13.3. The fourth-order valence-corrected chi connectivity index (χ4v) is 5.21. The number of hydrogen-bond donors (Lipinski definition) is 1. The molecule has 2 N–H and O–H groups in total. The number of nitrogens with zero attached hydrogens (tertiary/aromatic N) is 1. The third-order valence-corrected chi connectivity index (χ3v) is 7.26. The zero-order valence-electron chi connectivity index (χ0n) is 15.1. The van der Waals surface area contributed by atoms with Crippen molar-refractivity contribution in [2.24, 2.45) is 22.5 Å². The summed E-state index contributed by atoms with van der Waals surface area (Å²) in [5.74, 6) is 0.370. The molecule has 0 aromatic rings. The van der Waals surface area contributed by atoms with Crippen LogP contribution in [0.15, 0.2) is 0 Å². The molecule has 1 aliphatic carbocycles. The Hall–Kier alpha value is -0.320. The van der Waals surface area contributed by atoms with E-state index in [1.165, 1.54) is 0 Å². The van der Waals surface area contributed by atoms with E-state index in [1.807, 2.05) is 0 Å². The highest BCUT2D eigenvalue weighted by Gasteiger charge is 2.71. The van der Waals surface area contributed by atoms with Crippen LogP contribution in [0.5, 0.6) is 0 Å². The number of likely N-dealkylation sites (tertiary alicyclic amines) is 1. The van der Waals surface area contributed by atoms with Gasteiger partial charge in [0.05, 0.1) is 6.10 Å². The van der Waals surface area contributed by atoms with Crippen molar-refractivity contribution in [3.63, 3.8) is 0 Å². The Kier molecular flexibility index (Phi) is 5.12. The summed E-state index contributed by atoms with van der Waals surface area (Å²) in [4.78, 5) is 15.3. The van der Waals surface area contributed by atoms with Crippen LogP contribution in [0.25, 0.3) is 0 Å². The maximum atomic E-state index is 13.3. The molecule has 0 radical (unpaired) electrons. The standard InChI is InChI=1S/C18H32N2O2.ClH/c1-5-17(6-2)9-10-20(12-17)15(21)18(19)13-8-7-11-22-14(13)16(18,3)4;/h13-14H,5-12,19H2,1-4H3;1H. The van der Waals surface area contributed by atoms with E-state index < -0.39 is 5.54 Å². The van der Waals surface area contributed by atoms with Crippen LogP contribution in [0.1, 0.15) is 59.8 Å². The summed E-state index contributed by atoms with van der Waals surface area (Å²) in [6, 6.07) is 0. The molecule has 0 bridgehead atoms. The normalized spacial score (nSPS) is 37.5. The van der Waals surface area contributed by atoms with Gasteiger partial charge in [0, 0.05) is 31.0 Å². The van der Waals surface area contributed by atoms with Gasteiger partial charge >= 0.3 is 0 Å². The van der Waals surface area contributed by atoms with Gasteiger partial charge in [-0.25, -0.2) is 0 Å². The van der Waals surface area contributed by atoms with Gasteiger partial charge in [0.2, 0.25) is 5.91 Å². The molecule has 3 fully saturated rings. The first-order valence-corrected chi connectivity index (χ1v) is 9.02. The summed E-state index contributed by atoms with van der Waals surface area (Å²) < 4.78 is 5.93. The average molecular weight is 345 g/mol. The fourth-order valence-electron chi connectivity index (χ4n) is 5.21. The van der Waals surface area contributed by atoms with E-state index in [9.17, 15) is 4.79 Å². The number of rotatable bonds is 3. The van der Waals surface area contributed by atoms with Crippen molar-refractivity contribution < 1.29 is 9.53 Å². The molecule has 1 saturated carbocycles. The van der Waals surface area contributed by atoms with Gasteiger partial charge in [0.15, 0.2) is 0 Å². The molecule has 0 spiro atoms. The number of nitrogens with two attached hydrogens (primary N) is 1. The lowest BCUT2D eigenvalue weighted by Gasteiger charge is -2.65. The molecule has 2 saturated heterocycles. The highest BCUT2D eigenvalue weighted by Crippen LogP contribution is 2.58. The predicted octanol–water partition coefficient (Wildman–Crippen LogP) is 2.98. The van der Waals surface area contributed by atoms with Gasteiger partial charge in [0.1, 0.15) is 5.54 Å². The molecule has 2 aliphatic heterocycles. The quantitative estimate of drug-likeness (QED) is 0.856. The zero-order chi connectivity index (χ0) is 16.2. The third-order valence-electron chi connectivity index (χ3n) is 7.26. The summed E-state index contributed by atoms with van der Waals surface area (Å²) in [7, 11) is 0. The number of carbonyl (C=O) groups excluding carboxylic acids is 1. The predicted molar refractivity (Wildman–Crippen MR) is 94.6 cm³/mol. The van der Waals surface area contributed by atoms with Crippen molar-refractivity contribution in [2.75, 3.05) is 19.7 Å². The van der Waals surface area contributed by atoms with E-state index in [4.69, 9.17) is 10.5 Å². The van der Waals surface area contributed by atoms with Gasteiger partial charge in [-0.1, -0.05) is 27.7 Å². The first kappa shape index (κ1) is 19.0. The smallest absolute Gasteiger partial charge is 0.243 e. The van der Waals surface area contributed by atoms with Crippen molar-refractivity contribution in [1.29, 1.82) is 0 Å². The summed E-state index contributed by atoms with van der Waals surface area (Å²) >= 11 is 0. The molecule has 23 heavy (non-hydrogen) atoms. The molecule has 3 atom stereocenters. The second-order valence-electron chi connectivity index (χ2n) is 8.31. The number of ether oxygens (including phenoxy) is 1. The van der Waals surface area contributed by atoms with Crippen LogP contribution in [0.4, 0.5) is 0 Å². The van der Waals surface area contributed by atoms with Crippen molar-refractivity contribution in [1.82, 2.24) is 4.90 Å². The summed E-state index contributed by atoms with van der Waals surface area (Å²) in [6.45, 7) is 11.3. The van der Waals surface area contributed by atoms with Crippen molar-refractivity contribution in [3.8, 4) is 0 Å². The molecule has 4 nitrogen and oxygen atoms in total. The van der Waals surface area contributed by atoms with E-state index in [-0.39, 0.29) is 35.8 Å². The number of hydrogen-bond acceptors (Lipinski definition) is 3. The van der Waals surface area contributed by atoms with Gasteiger partial charge in [-0.3, -0.25) is 4.79 Å². The van der Waals surface area contributed by atoms with E-state index in [0.29, 0.717) is 5.41 Å². The van der Waals surface area contributed by atoms with E-state index >= 15 is 0 Å².